The number of nitrogens with one attached hydrogen (secondary N) is 1. The molecule has 0 saturated heterocycles. The average molecular weight is 376 g/mol. The molecule has 0 aliphatic carbocycles. The summed E-state index contributed by atoms with van der Waals surface area (Å²) >= 11 is 1.43. The zero-order chi connectivity index (χ0) is 19.0. The van der Waals surface area contributed by atoms with E-state index in [0.717, 1.165) is 33.5 Å². The lowest BCUT2D eigenvalue weighted by Gasteiger charge is -2.14. The summed E-state index contributed by atoms with van der Waals surface area (Å²) in [4.78, 5) is 15.1. The van der Waals surface area contributed by atoms with Gasteiger partial charge in [0, 0.05) is 22.7 Å². The zero-order valence-electron chi connectivity index (χ0n) is 15.4. The molecule has 0 aliphatic heterocycles. The summed E-state index contributed by atoms with van der Waals surface area (Å²) in [5.41, 5.74) is 4.18. The van der Waals surface area contributed by atoms with Gasteiger partial charge in [-0.2, -0.15) is 0 Å². The van der Waals surface area contributed by atoms with Gasteiger partial charge in [0.2, 0.25) is 0 Å². The van der Waals surface area contributed by atoms with Gasteiger partial charge in [0.25, 0.3) is 0 Å². The lowest BCUT2D eigenvalue weighted by Crippen LogP contribution is -2.10. The second-order valence-corrected chi connectivity index (χ2v) is 7.85. The first-order valence-electron chi connectivity index (χ1n) is 8.81. The number of ketones is 1. The van der Waals surface area contributed by atoms with Gasteiger partial charge in [0.1, 0.15) is 5.78 Å². The predicted molar refractivity (Wildman–Crippen MR) is 109 cm³/mol. The highest BCUT2D eigenvalue weighted by Crippen LogP contribution is 2.34. The smallest absolute Gasteiger partial charge is 0.196 e. The van der Waals surface area contributed by atoms with E-state index in [0.29, 0.717) is 5.16 Å². The first-order chi connectivity index (χ1) is 13.1. The Labute approximate surface area is 161 Å². The predicted octanol–water partition coefficient (Wildman–Crippen LogP) is 4.79. The zero-order valence-corrected chi connectivity index (χ0v) is 16.2. The van der Waals surface area contributed by atoms with Crippen molar-refractivity contribution in [3.05, 3.63) is 60.3 Å². The van der Waals surface area contributed by atoms with Crippen molar-refractivity contribution in [1.82, 2.24) is 19.7 Å². The molecule has 0 radical (unpaired) electrons. The van der Waals surface area contributed by atoms with Crippen molar-refractivity contribution in [1.29, 1.82) is 0 Å². The Balaban J connectivity index is 1.94. The normalized spacial score (nSPS) is 12.4. The molecule has 1 unspecified atom stereocenters. The number of H-pyrrole nitrogens is 1. The Hall–Kier alpha value is -2.86. The van der Waals surface area contributed by atoms with Crippen LogP contribution in [0.3, 0.4) is 0 Å². The molecule has 5 nitrogen and oxygen atoms in total. The summed E-state index contributed by atoms with van der Waals surface area (Å²) in [5, 5.41) is 10.5. The number of para-hydroxylation sites is 2. The van der Waals surface area contributed by atoms with Crippen LogP contribution in [0.5, 0.6) is 0 Å². The summed E-state index contributed by atoms with van der Waals surface area (Å²) in [7, 11) is 0. The van der Waals surface area contributed by atoms with E-state index in [4.69, 9.17) is 0 Å². The first-order valence-corrected chi connectivity index (χ1v) is 9.69. The Morgan fingerprint density at radius 3 is 2.63 bits per heavy atom. The van der Waals surface area contributed by atoms with Gasteiger partial charge in [-0.25, -0.2) is 0 Å². The van der Waals surface area contributed by atoms with E-state index >= 15 is 0 Å². The fourth-order valence-corrected chi connectivity index (χ4v) is 3.91. The summed E-state index contributed by atoms with van der Waals surface area (Å²) in [6.07, 6.45) is 1.96. The van der Waals surface area contributed by atoms with Crippen molar-refractivity contribution < 1.29 is 4.79 Å². The number of Topliss-reactive ketones (excluding diaryl/α,β-unsaturated/α-hetero) is 1. The molecule has 4 aromatic rings. The standard InChI is InChI=1S/C21H20N4OS/c1-13-8-4-7-11-19(13)25-20(23-24-21(25)27-15(3)14(2)26)17-12-22-18-10-6-5-9-16(17)18/h4-12,15,22H,1-3H3. The Morgan fingerprint density at radius 2 is 1.85 bits per heavy atom. The van der Waals surface area contributed by atoms with Crippen LogP contribution in [0.2, 0.25) is 0 Å². The van der Waals surface area contributed by atoms with Gasteiger partial charge in [0.05, 0.1) is 10.9 Å². The molecule has 0 bridgehead atoms. The fraction of sp³-hybridized carbons (Fsp3) is 0.190. The molecule has 0 saturated carbocycles. The molecule has 0 amide bonds. The number of fused-ring (bicyclic) bond motifs is 1. The van der Waals surface area contributed by atoms with Gasteiger partial charge < -0.3 is 4.98 Å². The van der Waals surface area contributed by atoms with Crippen molar-refractivity contribution in [3.8, 4) is 17.1 Å². The Bertz CT molecular complexity index is 1130. The van der Waals surface area contributed by atoms with Crippen molar-refractivity contribution >= 4 is 28.4 Å². The third kappa shape index (κ3) is 3.17. The second kappa shape index (κ2) is 7.04. The summed E-state index contributed by atoms with van der Waals surface area (Å²) < 4.78 is 2.05. The van der Waals surface area contributed by atoms with Crippen LogP contribution in [0, 0.1) is 6.92 Å². The van der Waals surface area contributed by atoms with E-state index in [2.05, 4.69) is 44.9 Å². The minimum atomic E-state index is -0.187. The highest BCUT2D eigenvalue weighted by molar-refractivity contribution is 8.00. The van der Waals surface area contributed by atoms with Crippen molar-refractivity contribution in [2.24, 2.45) is 0 Å². The van der Waals surface area contributed by atoms with Crippen LogP contribution in [0.15, 0.2) is 59.9 Å². The van der Waals surface area contributed by atoms with Crippen LogP contribution in [0.1, 0.15) is 19.4 Å². The third-order valence-electron chi connectivity index (χ3n) is 4.67. The minimum absolute atomic E-state index is 0.118. The maximum Gasteiger partial charge on any atom is 0.196 e. The summed E-state index contributed by atoms with van der Waals surface area (Å²) in [6, 6.07) is 16.3. The van der Waals surface area contributed by atoms with Crippen molar-refractivity contribution in [3.63, 3.8) is 0 Å². The largest absolute Gasteiger partial charge is 0.360 e. The number of benzene rings is 2. The monoisotopic (exact) mass is 376 g/mol. The van der Waals surface area contributed by atoms with Crippen LogP contribution < -0.4 is 0 Å². The Morgan fingerprint density at radius 1 is 1.11 bits per heavy atom. The molecular formula is C21H20N4OS. The van der Waals surface area contributed by atoms with Crippen LogP contribution in [-0.4, -0.2) is 30.8 Å². The van der Waals surface area contributed by atoms with Gasteiger partial charge >= 0.3 is 0 Å². The first kappa shape index (κ1) is 17.5. The van der Waals surface area contributed by atoms with Crippen molar-refractivity contribution in [2.75, 3.05) is 0 Å². The number of hydrogen-bond donors (Lipinski definition) is 1. The molecule has 1 atom stereocenters. The number of aromatic nitrogens is 4. The maximum atomic E-state index is 11.8. The van der Waals surface area contributed by atoms with Crippen LogP contribution in [0.25, 0.3) is 28.0 Å². The van der Waals surface area contributed by atoms with Crippen LogP contribution >= 0.6 is 11.8 Å². The molecule has 2 aromatic carbocycles. The summed E-state index contributed by atoms with van der Waals surface area (Å²) in [5.74, 6) is 0.882. The molecule has 2 heterocycles. The Kier molecular flexibility index (Phi) is 4.58. The molecule has 6 heteroatoms. The van der Waals surface area contributed by atoms with E-state index < -0.39 is 0 Å². The minimum Gasteiger partial charge on any atom is -0.360 e. The van der Waals surface area contributed by atoms with E-state index in [9.17, 15) is 4.79 Å². The number of carbonyl (C=O) groups excluding carboxylic acids is 1. The molecule has 4 rings (SSSR count). The number of aryl methyl sites for hydroxylation is 1. The van der Waals surface area contributed by atoms with Gasteiger partial charge in [-0.05, 0) is 38.5 Å². The molecule has 2 aromatic heterocycles. The maximum absolute atomic E-state index is 11.8. The quantitative estimate of drug-likeness (QED) is 0.509. The highest BCUT2D eigenvalue weighted by atomic mass is 32.2. The van der Waals surface area contributed by atoms with Crippen LogP contribution in [-0.2, 0) is 4.79 Å². The third-order valence-corrected chi connectivity index (χ3v) is 5.84. The van der Waals surface area contributed by atoms with E-state index in [1.165, 1.54) is 11.8 Å². The van der Waals surface area contributed by atoms with E-state index in [1.54, 1.807) is 6.92 Å². The highest BCUT2D eigenvalue weighted by Gasteiger charge is 2.22. The van der Waals surface area contributed by atoms with Gasteiger partial charge in [-0.1, -0.05) is 48.2 Å². The number of nitrogens with zero attached hydrogens (tertiary/aromatic N) is 3. The van der Waals surface area contributed by atoms with Gasteiger partial charge in [-0.15, -0.1) is 10.2 Å². The van der Waals surface area contributed by atoms with E-state index in [-0.39, 0.29) is 11.0 Å². The van der Waals surface area contributed by atoms with Crippen molar-refractivity contribution in [2.45, 2.75) is 31.2 Å². The fourth-order valence-electron chi connectivity index (χ4n) is 3.05. The molecule has 0 fully saturated rings. The molecule has 27 heavy (non-hydrogen) atoms. The van der Waals surface area contributed by atoms with E-state index in [1.807, 2.05) is 43.5 Å². The van der Waals surface area contributed by atoms with Crippen LogP contribution in [0.4, 0.5) is 0 Å². The van der Waals surface area contributed by atoms with Gasteiger partial charge in [0.15, 0.2) is 11.0 Å². The number of carbonyl (C=O) groups is 1. The van der Waals surface area contributed by atoms with Gasteiger partial charge in [-0.3, -0.25) is 9.36 Å². The average Bonchev–Trinajstić information content (AvgIpc) is 3.26. The summed E-state index contributed by atoms with van der Waals surface area (Å²) in [6.45, 7) is 5.57. The lowest BCUT2D eigenvalue weighted by atomic mass is 10.1. The molecule has 0 aliphatic rings. The molecular weight excluding hydrogens is 356 g/mol. The lowest BCUT2D eigenvalue weighted by molar-refractivity contribution is -0.116. The molecule has 0 spiro atoms. The number of hydrogen-bond acceptors (Lipinski definition) is 4. The topological polar surface area (TPSA) is 63.6 Å². The molecule has 1 N–H and O–H groups in total. The number of aromatic amines is 1. The number of rotatable bonds is 5. The second-order valence-electron chi connectivity index (χ2n) is 6.55. The molecule has 136 valence electrons. The number of thioether (sulfide) groups is 1. The SMILES string of the molecule is CC(=O)C(C)Sc1nnc(-c2c[nH]c3ccccc23)n1-c1ccccc1C.